The van der Waals surface area contributed by atoms with Crippen LogP contribution in [-0.2, 0) is 0 Å². The topological polar surface area (TPSA) is 221 Å². The van der Waals surface area contributed by atoms with Crippen LogP contribution in [0.4, 0.5) is 34.1 Å². The molecule has 76 heavy (non-hydrogen) atoms. The zero-order valence-corrected chi connectivity index (χ0v) is 39.1. The van der Waals surface area contributed by atoms with Gasteiger partial charge in [-0.05, 0) is 121 Å². The lowest BCUT2D eigenvalue weighted by Gasteiger charge is -2.32. The van der Waals surface area contributed by atoms with E-state index < -0.39 is 59.1 Å². The first-order chi connectivity index (χ1) is 36.9. The fourth-order valence-electron chi connectivity index (χ4n) is 10.4. The lowest BCUT2D eigenvalue weighted by molar-refractivity contribution is 0.0873. The maximum atomic E-state index is 14.2. The average molecular weight is 998 g/mol. The largest absolute Gasteiger partial charge is 0.321 e. The van der Waals surface area contributed by atoms with Crippen LogP contribution in [0.25, 0.3) is 21.5 Å². The van der Waals surface area contributed by atoms with Crippen molar-refractivity contribution in [3.05, 3.63) is 232 Å². The van der Waals surface area contributed by atoms with Gasteiger partial charge in [0.15, 0.2) is 0 Å². The minimum Gasteiger partial charge on any atom is -0.321 e. The van der Waals surface area contributed by atoms with Crippen LogP contribution < -0.4 is 30.2 Å². The van der Waals surface area contributed by atoms with Gasteiger partial charge in [-0.2, -0.15) is 0 Å². The number of carbonyl (C=O) groups excluding carboxylic acids is 10. The Morgan fingerprint density at radius 3 is 0.829 bits per heavy atom. The molecule has 4 aliphatic heterocycles. The third-order valence-corrected chi connectivity index (χ3v) is 13.8. The number of aromatic nitrogens is 1. The van der Waals surface area contributed by atoms with Crippen LogP contribution in [-0.4, -0.2) is 64.1 Å². The van der Waals surface area contributed by atoms with E-state index in [0.29, 0.717) is 11.4 Å². The van der Waals surface area contributed by atoms with E-state index in [1.54, 1.807) is 60.7 Å². The molecule has 4 aliphatic rings. The molecule has 362 valence electrons. The van der Waals surface area contributed by atoms with Gasteiger partial charge in [-0.25, -0.2) is 24.6 Å². The standard InChI is InChI=1S/C59H31N7O10/c67-50(60-30-10-7-16-34(28-30)65-56(73)40-24-20-36-46-37(21-25-41(48(40)46)57(65)74)53(70)63(52(36)69)32-12-3-1-4-13-32)44-18-9-19-45(62-44)51(68)61-31-11-8-17-35(29-31)66-58(75)42-26-22-38-47-39(23-27-43(49(42)47)59(66)76)55(72)64(54(38)71)33-14-5-2-6-15-33/h1-29H,(H,60,67)(H,61,68). The molecule has 17 heteroatoms. The molecule has 0 unspecified atom stereocenters. The first-order valence-corrected chi connectivity index (χ1v) is 23.5. The molecule has 8 aromatic carbocycles. The number of imide groups is 4. The number of carbonyl (C=O) groups is 10. The molecular formula is C59H31N7O10. The van der Waals surface area contributed by atoms with Gasteiger partial charge in [0.05, 0.1) is 22.7 Å². The SMILES string of the molecule is O=C(Nc1cccc(N2C(=O)c3ccc4c5c(ccc(c35)C2=O)C(=O)N(c2ccccc2)C4=O)c1)c1cccc(C(=O)Nc2cccc(N3C(=O)c4ccc5c6c(ccc(c46)C3=O)C(=O)N(c3ccccc3)C5=O)c2)n1. The zero-order valence-electron chi connectivity index (χ0n) is 39.1. The van der Waals surface area contributed by atoms with Crippen LogP contribution in [0.1, 0.15) is 104 Å². The zero-order chi connectivity index (χ0) is 52.3. The Morgan fingerprint density at radius 2 is 0.539 bits per heavy atom. The molecule has 0 bridgehead atoms. The molecule has 0 aliphatic carbocycles. The number of anilines is 6. The van der Waals surface area contributed by atoms with Crippen LogP contribution in [0.3, 0.4) is 0 Å². The Balaban J connectivity index is 0.718. The van der Waals surface area contributed by atoms with E-state index >= 15 is 0 Å². The maximum Gasteiger partial charge on any atom is 0.274 e. The van der Waals surface area contributed by atoms with Gasteiger partial charge in [-0.1, -0.05) is 54.6 Å². The Hall–Kier alpha value is -11.1. The van der Waals surface area contributed by atoms with Crippen molar-refractivity contribution in [1.29, 1.82) is 0 Å². The van der Waals surface area contributed by atoms with E-state index in [1.165, 1.54) is 115 Å². The van der Waals surface area contributed by atoms with Gasteiger partial charge in [-0.3, -0.25) is 47.9 Å². The second-order valence-corrected chi connectivity index (χ2v) is 18.0. The smallest absolute Gasteiger partial charge is 0.274 e. The number of amides is 10. The lowest BCUT2D eigenvalue weighted by Crippen LogP contribution is -2.43. The fraction of sp³-hybridized carbons (Fsp3) is 0. The van der Waals surface area contributed by atoms with Crippen LogP contribution in [0, 0.1) is 0 Å². The molecule has 0 radical (unpaired) electrons. The van der Waals surface area contributed by atoms with Crippen molar-refractivity contribution in [3.8, 4) is 0 Å². The summed E-state index contributed by atoms with van der Waals surface area (Å²) in [5.74, 6) is -6.70. The summed E-state index contributed by atoms with van der Waals surface area (Å²) in [7, 11) is 0. The van der Waals surface area contributed by atoms with Crippen molar-refractivity contribution in [1.82, 2.24) is 4.98 Å². The van der Waals surface area contributed by atoms with Crippen LogP contribution in [0.5, 0.6) is 0 Å². The third kappa shape index (κ3) is 6.62. The Bertz CT molecular complexity index is 3840. The lowest BCUT2D eigenvalue weighted by atomic mass is 9.85. The number of hydrogen-bond donors (Lipinski definition) is 2. The summed E-state index contributed by atoms with van der Waals surface area (Å²) in [6.45, 7) is 0. The summed E-state index contributed by atoms with van der Waals surface area (Å²) in [6.07, 6.45) is 0. The van der Waals surface area contributed by atoms with Crippen molar-refractivity contribution in [2.24, 2.45) is 0 Å². The number of hydrogen-bond acceptors (Lipinski definition) is 11. The van der Waals surface area contributed by atoms with Gasteiger partial charge in [0, 0.05) is 77.4 Å². The minimum absolute atomic E-state index is 0.0971. The summed E-state index contributed by atoms with van der Waals surface area (Å²) in [5, 5.41) is 6.23. The quantitative estimate of drug-likeness (QED) is 0.137. The van der Waals surface area contributed by atoms with Crippen molar-refractivity contribution >= 4 is 115 Å². The first kappa shape index (κ1) is 44.8. The number of rotatable bonds is 8. The van der Waals surface area contributed by atoms with Crippen LogP contribution in [0.2, 0.25) is 0 Å². The normalized spacial score (nSPS) is 14.5. The van der Waals surface area contributed by atoms with E-state index in [-0.39, 0.29) is 100 Å². The summed E-state index contributed by atoms with van der Waals surface area (Å²) < 4.78 is 0. The summed E-state index contributed by atoms with van der Waals surface area (Å²) in [4.78, 5) is 148. The monoisotopic (exact) mass is 997 g/mol. The molecule has 5 heterocycles. The first-order valence-electron chi connectivity index (χ1n) is 23.5. The Kier molecular flexibility index (Phi) is 9.88. The van der Waals surface area contributed by atoms with Gasteiger partial charge >= 0.3 is 0 Å². The van der Waals surface area contributed by atoms with Crippen molar-refractivity contribution < 1.29 is 47.9 Å². The van der Waals surface area contributed by atoms with Crippen molar-refractivity contribution in [2.45, 2.75) is 0 Å². The van der Waals surface area contributed by atoms with E-state index in [9.17, 15) is 47.9 Å². The van der Waals surface area contributed by atoms with Gasteiger partial charge < -0.3 is 10.6 Å². The predicted octanol–water partition coefficient (Wildman–Crippen LogP) is 9.10. The highest BCUT2D eigenvalue weighted by Gasteiger charge is 2.43. The van der Waals surface area contributed by atoms with Gasteiger partial charge in [0.2, 0.25) is 0 Å². The molecule has 0 spiro atoms. The molecular weight excluding hydrogens is 967 g/mol. The number of pyridine rings is 1. The van der Waals surface area contributed by atoms with Crippen molar-refractivity contribution in [2.75, 3.05) is 30.2 Å². The fourth-order valence-corrected chi connectivity index (χ4v) is 10.4. The number of benzene rings is 8. The predicted molar refractivity (Wildman–Crippen MR) is 278 cm³/mol. The molecule has 10 amide bonds. The van der Waals surface area contributed by atoms with Gasteiger partial charge in [0.1, 0.15) is 11.4 Å². The molecule has 17 nitrogen and oxygen atoms in total. The van der Waals surface area contributed by atoms with E-state index in [1.807, 2.05) is 0 Å². The molecule has 0 saturated carbocycles. The van der Waals surface area contributed by atoms with E-state index in [4.69, 9.17) is 0 Å². The summed E-state index contributed by atoms with van der Waals surface area (Å²) >= 11 is 0. The molecule has 9 aromatic rings. The minimum atomic E-state index is -0.737. The molecule has 13 rings (SSSR count). The summed E-state index contributed by atoms with van der Waals surface area (Å²) in [6, 6.07) is 44.8. The van der Waals surface area contributed by atoms with E-state index in [2.05, 4.69) is 15.6 Å². The van der Waals surface area contributed by atoms with Gasteiger partial charge in [-0.15, -0.1) is 0 Å². The van der Waals surface area contributed by atoms with Gasteiger partial charge in [0.25, 0.3) is 59.1 Å². The molecule has 1 aromatic heterocycles. The summed E-state index contributed by atoms with van der Waals surface area (Å²) in [5.41, 5.74) is 2.03. The molecule has 0 saturated heterocycles. The number of para-hydroxylation sites is 2. The van der Waals surface area contributed by atoms with E-state index in [0.717, 1.165) is 19.6 Å². The van der Waals surface area contributed by atoms with Crippen molar-refractivity contribution in [3.63, 3.8) is 0 Å². The Morgan fingerprint density at radius 1 is 0.289 bits per heavy atom. The Labute approximate surface area is 428 Å². The maximum absolute atomic E-state index is 14.2. The highest BCUT2D eigenvalue weighted by atomic mass is 16.2. The third-order valence-electron chi connectivity index (χ3n) is 13.8. The molecule has 2 N–H and O–H groups in total. The molecule has 0 atom stereocenters. The number of nitrogens with zero attached hydrogens (tertiary/aromatic N) is 5. The number of nitrogens with one attached hydrogen (secondary N) is 2. The molecule has 0 fully saturated rings. The second kappa shape index (κ2) is 16.8. The van der Waals surface area contributed by atoms with Crippen LogP contribution >= 0.6 is 0 Å². The second-order valence-electron chi connectivity index (χ2n) is 18.0. The van der Waals surface area contributed by atoms with Crippen LogP contribution in [0.15, 0.2) is 176 Å². The average Bonchev–Trinajstić information content (AvgIpc) is 3.47. The highest BCUT2D eigenvalue weighted by Crippen LogP contribution is 2.42. The highest BCUT2D eigenvalue weighted by molar-refractivity contribution is 6.44.